The monoisotopic (exact) mass is 333 g/mol. The molecule has 0 spiro atoms. The number of methoxy groups -OCH3 is 1. The minimum atomic E-state index is -0.941. The summed E-state index contributed by atoms with van der Waals surface area (Å²) in [5.41, 5.74) is 0.829. The number of nitrogens with zero attached hydrogens (tertiary/aromatic N) is 2. The summed E-state index contributed by atoms with van der Waals surface area (Å²) in [5.74, 6) is 0.101. The molecule has 3 heterocycles. The second-order valence-corrected chi connectivity index (χ2v) is 5.88. The number of carboxylic acid groups (broad SMARTS) is 1. The number of hydrogen-bond acceptors (Lipinski definition) is 5. The lowest BCUT2D eigenvalue weighted by Gasteiger charge is -2.22. The van der Waals surface area contributed by atoms with E-state index >= 15 is 0 Å². The molecular weight excluding hydrogens is 314 g/mol. The van der Waals surface area contributed by atoms with E-state index in [1.807, 2.05) is 13.0 Å². The topological polar surface area (TPSA) is 109 Å². The molecular formula is C16H19N3O5. The molecule has 3 rings (SSSR count). The van der Waals surface area contributed by atoms with Gasteiger partial charge in [-0.1, -0.05) is 0 Å². The number of aromatic amines is 1. The highest BCUT2D eigenvalue weighted by atomic mass is 16.5. The first-order valence-electron chi connectivity index (χ1n) is 7.65. The second-order valence-electron chi connectivity index (χ2n) is 5.88. The molecule has 1 aliphatic rings. The zero-order valence-electron chi connectivity index (χ0n) is 13.5. The summed E-state index contributed by atoms with van der Waals surface area (Å²) in [6.07, 6.45) is 0.230. The summed E-state index contributed by atoms with van der Waals surface area (Å²) in [5, 5.41) is 15.9. The van der Waals surface area contributed by atoms with Crippen molar-refractivity contribution in [1.29, 1.82) is 0 Å². The molecule has 2 aromatic heterocycles. The van der Waals surface area contributed by atoms with Gasteiger partial charge in [-0.3, -0.25) is 14.7 Å². The van der Waals surface area contributed by atoms with E-state index in [0.29, 0.717) is 24.4 Å². The number of aryl methyl sites for hydroxylation is 1. The van der Waals surface area contributed by atoms with E-state index in [0.717, 1.165) is 5.76 Å². The summed E-state index contributed by atoms with van der Waals surface area (Å²) in [4.78, 5) is 25.3. The Balaban J connectivity index is 1.79. The molecule has 2 aromatic rings. The number of hydrogen-bond donors (Lipinski definition) is 2. The van der Waals surface area contributed by atoms with E-state index in [1.165, 1.54) is 4.90 Å². The van der Waals surface area contributed by atoms with Crippen LogP contribution in [0.4, 0.5) is 0 Å². The molecule has 0 aliphatic carbocycles. The summed E-state index contributed by atoms with van der Waals surface area (Å²) in [7, 11) is 1.56. The highest BCUT2D eigenvalue weighted by Gasteiger charge is 2.37. The molecule has 128 valence electrons. The number of H-pyrrole nitrogens is 1. The normalized spacial score (nSPS) is 20.5. The Hall–Kier alpha value is -2.61. The van der Waals surface area contributed by atoms with Gasteiger partial charge in [0, 0.05) is 25.8 Å². The number of aliphatic carboxylic acids is 1. The SMILES string of the molecule is COC1CC(CC(=O)O)N(C(=O)c2cc(-c3ccc(C)o3)[nH]n2)C1. The van der Waals surface area contributed by atoms with Crippen molar-refractivity contribution in [2.24, 2.45) is 0 Å². The predicted octanol–water partition coefficient (Wildman–Crippen LogP) is 1.68. The molecule has 2 N–H and O–H groups in total. The van der Waals surface area contributed by atoms with Gasteiger partial charge >= 0.3 is 5.97 Å². The largest absolute Gasteiger partial charge is 0.481 e. The molecule has 24 heavy (non-hydrogen) atoms. The first kappa shape index (κ1) is 16.3. The molecule has 0 radical (unpaired) electrons. The first-order chi connectivity index (χ1) is 11.5. The molecule has 1 amide bonds. The Morgan fingerprint density at radius 3 is 2.92 bits per heavy atom. The van der Waals surface area contributed by atoms with Gasteiger partial charge < -0.3 is 19.2 Å². The van der Waals surface area contributed by atoms with Gasteiger partial charge in [0.15, 0.2) is 11.5 Å². The van der Waals surface area contributed by atoms with Crippen molar-refractivity contribution in [2.45, 2.75) is 31.9 Å². The van der Waals surface area contributed by atoms with E-state index in [2.05, 4.69) is 10.2 Å². The van der Waals surface area contributed by atoms with Gasteiger partial charge in [-0.05, 0) is 25.5 Å². The van der Waals surface area contributed by atoms with Gasteiger partial charge in [0.1, 0.15) is 11.5 Å². The molecule has 8 heteroatoms. The van der Waals surface area contributed by atoms with Gasteiger partial charge in [-0.25, -0.2) is 0 Å². The van der Waals surface area contributed by atoms with E-state index in [4.69, 9.17) is 14.3 Å². The van der Waals surface area contributed by atoms with Crippen molar-refractivity contribution in [3.05, 3.63) is 29.7 Å². The number of likely N-dealkylation sites (tertiary alicyclic amines) is 1. The number of aromatic nitrogens is 2. The Bertz CT molecular complexity index is 750. The van der Waals surface area contributed by atoms with Gasteiger partial charge in [0.2, 0.25) is 0 Å². The third-order valence-electron chi connectivity index (χ3n) is 4.18. The van der Waals surface area contributed by atoms with Crippen LogP contribution in [0.15, 0.2) is 22.6 Å². The molecule has 2 atom stereocenters. The van der Waals surface area contributed by atoms with E-state index in [-0.39, 0.29) is 24.1 Å². The average Bonchev–Trinajstić information content (AvgIpc) is 3.24. The van der Waals surface area contributed by atoms with Gasteiger partial charge in [0.05, 0.1) is 12.5 Å². The lowest BCUT2D eigenvalue weighted by Crippen LogP contribution is -2.37. The number of carbonyl (C=O) groups is 2. The zero-order chi connectivity index (χ0) is 17.3. The van der Waals surface area contributed by atoms with E-state index in [1.54, 1.807) is 19.2 Å². The van der Waals surface area contributed by atoms with Crippen LogP contribution in [-0.2, 0) is 9.53 Å². The third-order valence-corrected chi connectivity index (χ3v) is 4.18. The predicted molar refractivity (Wildman–Crippen MR) is 83.5 cm³/mol. The highest BCUT2D eigenvalue weighted by Crippen LogP contribution is 2.26. The summed E-state index contributed by atoms with van der Waals surface area (Å²) < 4.78 is 10.8. The maximum Gasteiger partial charge on any atom is 0.305 e. The van der Waals surface area contributed by atoms with E-state index < -0.39 is 12.0 Å². The van der Waals surface area contributed by atoms with Crippen LogP contribution in [0.1, 0.15) is 29.1 Å². The van der Waals surface area contributed by atoms with Crippen LogP contribution in [-0.4, -0.2) is 57.9 Å². The maximum atomic E-state index is 12.7. The number of furan rings is 1. The van der Waals surface area contributed by atoms with Crippen molar-refractivity contribution in [2.75, 3.05) is 13.7 Å². The first-order valence-corrected chi connectivity index (χ1v) is 7.65. The fourth-order valence-electron chi connectivity index (χ4n) is 2.97. The summed E-state index contributed by atoms with van der Waals surface area (Å²) in [6.45, 7) is 2.19. The number of carboxylic acids is 1. The molecule has 0 bridgehead atoms. The number of amides is 1. The van der Waals surface area contributed by atoms with Crippen molar-refractivity contribution in [3.63, 3.8) is 0 Å². The Labute approximate surface area is 138 Å². The maximum absolute atomic E-state index is 12.7. The van der Waals surface area contributed by atoms with Crippen LogP contribution in [0.2, 0.25) is 0 Å². The fourth-order valence-corrected chi connectivity index (χ4v) is 2.97. The van der Waals surface area contributed by atoms with Crippen molar-refractivity contribution in [1.82, 2.24) is 15.1 Å². The molecule has 1 saturated heterocycles. The third kappa shape index (κ3) is 3.18. The Morgan fingerprint density at radius 1 is 1.50 bits per heavy atom. The molecule has 0 saturated carbocycles. The standard InChI is InChI=1S/C16H19N3O5/c1-9-3-4-14(24-9)12-7-13(18-17-12)16(22)19-8-11(23-2)5-10(19)6-15(20)21/h3-4,7,10-11H,5-6,8H2,1-2H3,(H,17,18)(H,20,21). The van der Waals surface area contributed by atoms with Crippen molar-refractivity contribution in [3.8, 4) is 11.5 Å². The lowest BCUT2D eigenvalue weighted by atomic mass is 10.1. The van der Waals surface area contributed by atoms with Crippen LogP contribution in [0, 0.1) is 6.92 Å². The smallest absolute Gasteiger partial charge is 0.305 e. The number of ether oxygens (including phenoxy) is 1. The zero-order valence-corrected chi connectivity index (χ0v) is 13.5. The van der Waals surface area contributed by atoms with Gasteiger partial charge in [0.25, 0.3) is 5.91 Å². The Morgan fingerprint density at radius 2 is 2.29 bits per heavy atom. The van der Waals surface area contributed by atoms with Gasteiger partial charge in [-0.2, -0.15) is 5.10 Å². The molecule has 8 nitrogen and oxygen atoms in total. The van der Waals surface area contributed by atoms with Crippen LogP contribution >= 0.6 is 0 Å². The number of nitrogens with one attached hydrogen (secondary N) is 1. The molecule has 0 aromatic carbocycles. The minimum Gasteiger partial charge on any atom is -0.481 e. The van der Waals surface area contributed by atoms with Crippen molar-refractivity contribution < 1.29 is 23.8 Å². The number of carbonyl (C=O) groups excluding carboxylic acids is 1. The van der Waals surface area contributed by atoms with Crippen LogP contribution in [0.5, 0.6) is 0 Å². The quantitative estimate of drug-likeness (QED) is 0.862. The van der Waals surface area contributed by atoms with Crippen LogP contribution < -0.4 is 0 Å². The fraction of sp³-hybridized carbons (Fsp3) is 0.438. The second kappa shape index (κ2) is 6.48. The van der Waals surface area contributed by atoms with Crippen LogP contribution in [0.25, 0.3) is 11.5 Å². The highest BCUT2D eigenvalue weighted by molar-refractivity contribution is 5.94. The molecule has 1 fully saturated rings. The average molecular weight is 333 g/mol. The summed E-state index contributed by atoms with van der Waals surface area (Å²) in [6, 6.07) is 4.83. The van der Waals surface area contributed by atoms with Gasteiger partial charge in [-0.15, -0.1) is 0 Å². The minimum absolute atomic E-state index is 0.111. The molecule has 2 unspecified atom stereocenters. The Kier molecular flexibility index (Phi) is 4.39. The summed E-state index contributed by atoms with van der Waals surface area (Å²) >= 11 is 0. The molecule has 1 aliphatic heterocycles. The van der Waals surface area contributed by atoms with E-state index in [9.17, 15) is 9.59 Å². The number of rotatable bonds is 5. The van der Waals surface area contributed by atoms with Crippen molar-refractivity contribution >= 4 is 11.9 Å². The lowest BCUT2D eigenvalue weighted by molar-refractivity contribution is -0.138. The van der Waals surface area contributed by atoms with Crippen LogP contribution in [0.3, 0.4) is 0 Å².